The second-order valence-corrected chi connectivity index (χ2v) is 6.20. The zero-order valence-electron chi connectivity index (χ0n) is 14.5. The number of nitrogens with one attached hydrogen (secondary N) is 1. The summed E-state index contributed by atoms with van der Waals surface area (Å²) in [6.45, 7) is 2.38. The molecular formula is C18H19N5O2S. The number of nitrogens with zero attached hydrogens (tertiary/aromatic N) is 3. The second kappa shape index (κ2) is 7.92. The summed E-state index contributed by atoms with van der Waals surface area (Å²) in [5.41, 5.74) is 7.48. The van der Waals surface area contributed by atoms with Gasteiger partial charge >= 0.3 is 0 Å². The zero-order chi connectivity index (χ0) is 18.5. The van der Waals surface area contributed by atoms with Gasteiger partial charge in [0.15, 0.2) is 11.5 Å². The summed E-state index contributed by atoms with van der Waals surface area (Å²) in [6, 6.07) is 14.9. The highest BCUT2D eigenvalue weighted by Crippen LogP contribution is 2.25. The SMILES string of the molecule is CCOc1ccccc1NC(=O)c1nnn(-c2cccc(SC)c2)c1N. The average molecular weight is 369 g/mol. The summed E-state index contributed by atoms with van der Waals surface area (Å²) in [5.74, 6) is 0.318. The molecule has 8 heteroatoms. The third-order valence-electron chi connectivity index (χ3n) is 3.65. The number of amides is 1. The Bertz CT molecular complexity index is 925. The lowest BCUT2D eigenvalue weighted by atomic mass is 10.2. The van der Waals surface area contributed by atoms with Crippen LogP contribution in [0.4, 0.5) is 11.5 Å². The zero-order valence-corrected chi connectivity index (χ0v) is 15.3. The molecule has 2 aromatic carbocycles. The van der Waals surface area contributed by atoms with E-state index in [1.807, 2.05) is 49.6 Å². The number of ether oxygens (including phenoxy) is 1. The number of benzene rings is 2. The van der Waals surface area contributed by atoms with Crippen LogP contribution >= 0.6 is 11.8 Å². The molecule has 26 heavy (non-hydrogen) atoms. The van der Waals surface area contributed by atoms with E-state index >= 15 is 0 Å². The lowest BCUT2D eigenvalue weighted by Gasteiger charge is -2.10. The van der Waals surface area contributed by atoms with Gasteiger partial charge in [-0.25, -0.2) is 0 Å². The molecule has 0 fully saturated rings. The topological polar surface area (TPSA) is 95.1 Å². The first kappa shape index (κ1) is 17.8. The van der Waals surface area contributed by atoms with Crippen molar-refractivity contribution >= 4 is 29.2 Å². The van der Waals surface area contributed by atoms with Crippen molar-refractivity contribution in [3.63, 3.8) is 0 Å². The van der Waals surface area contributed by atoms with Crippen molar-refractivity contribution in [2.24, 2.45) is 0 Å². The smallest absolute Gasteiger partial charge is 0.280 e. The fourth-order valence-corrected chi connectivity index (χ4v) is 2.87. The van der Waals surface area contributed by atoms with E-state index in [0.717, 1.165) is 10.6 Å². The number of rotatable bonds is 6. The first-order valence-corrected chi connectivity index (χ1v) is 9.25. The number of nitrogens with two attached hydrogens (primary N) is 1. The average Bonchev–Trinajstić information content (AvgIpc) is 3.05. The van der Waals surface area contributed by atoms with Crippen molar-refractivity contribution in [3.8, 4) is 11.4 Å². The largest absolute Gasteiger partial charge is 0.492 e. The van der Waals surface area contributed by atoms with Gasteiger partial charge in [0.1, 0.15) is 5.75 Å². The lowest BCUT2D eigenvalue weighted by Crippen LogP contribution is -2.15. The second-order valence-electron chi connectivity index (χ2n) is 5.32. The highest BCUT2D eigenvalue weighted by atomic mass is 32.2. The minimum Gasteiger partial charge on any atom is -0.492 e. The summed E-state index contributed by atoms with van der Waals surface area (Å²) in [4.78, 5) is 13.7. The molecule has 0 saturated heterocycles. The van der Waals surface area contributed by atoms with Crippen molar-refractivity contribution in [2.45, 2.75) is 11.8 Å². The number of anilines is 2. The molecule has 0 aliphatic carbocycles. The van der Waals surface area contributed by atoms with Crippen LogP contribution in [-0.2, 0) is 0 Å². The van der Waals surface area contributed by atoms with Crippen LogP contribution in [0.3, 0.4) is 0 Å². The third-order valence-corrected chi connectivity index (χ3v) is 4.38. The van der Waals surface area contributed by atoms with Gasteiger partial charge in [-0.3, -0.25) is 4.79 Å². The van der Waals surface area contributed by atoms with Crippen molar-refractivity contribution in [1.29, 1.82) is 0 Å². The molecule has 0 radical (unpaired) electrons. The number of hydrogen-bond donors (Lipinski definition) is 2. The maximum atomic E-state index is 12.6. The summed E-state index contributed by atoms with van der Waals surface area (Å²) in [7, 11) is 0. The quantitative estimate of drug-likeness (QED) is 0.648. The molecule has 0 aliphatic heterocycles. The van der Waals surface area contributed by atoms with Gasteiger partial charge in [0, 0.05) is 4.90 Å². The van der Waals surface area contributed by atoms with Crippen LogP contribution < -0.4 is 15.8 Å². The molecule has 0 bridgehead atoms. The molecule has 0 aliphatic rings. The summed E-state index contributed by atoms with van der Waals surface area (Å²) >= 11 is 1.61. The van der Waals surface area contributed by atoms with Gasteiger partial charge in [-0.15, -0.1) is 16.9 Å². The summed E-state index contributed by atoms with van der Waals surface area (Å²) < 4.78 is 6.96. The Balaban J connectivity index is 1.87. The molecule has 0 spiro atoms. The van der Waals surface area contributed by atoms with E-state index in [-0.39, 0.29) is 11.5 Å². The number of thioether (sulfide) groups is 1. The highest BCUT2D eigenvalue weighted by Gasteiger charge is 2.19. The molecule has 0 atom stereocenters. The molecule has 3 aromatic rings. The minimum atomic E-state index is -0.443. The van der Waals surface area contributed by atoms with Gasteiger partial charge in [-0.1, -0.05) is 23.4 Å². The Labute approximate surface area is 155 Å². The molecule has 0 unspecified atom stereocenters. The lowest BCUT2D eigenvalue weighted by molar-refractivity contribution is 0.102. The summed E-state index contributed by atoms with van der Waals surface area (Å²) in [5, 5.41) is 10.7. The molecule has 134 valence electrons. The van der Waals surface area contributed by atoms with E-state index < -0.39 is 5.91 Å². The molecule has 1 amide bonds. The first-order chi connectivity index (χ1) is 12.6. The Morgan fingerprint density at radius 2 is 2.08 bits per heavy atom. The normalized spacial score (nSPS) is 10.5. The van der Waals surface area contributed by atoms with Crippen LogP contribution in [0.25, 0.3) is 5.69 Å². The van der Waals surface area contributed by atoms with Crippen LogP contribution in [0.15, 0.2) is 53.4 Å². The molecule has 3 N–H and O–H groups in total. The molecule has 1 heterocycles. The molecule has 0 saturated carbocycles. The number of para-hydroxylation sites is 2. The van der Waals surface area contributed by atoms with E-state index in [1.54, 1.807) is 23.9 Å². The highest BCUT2D eigenvalue weighted by molar-refractivity contribution is 7.98. The van der Waals surface area contributed by atoms with Crippen molar-refractivity contribution in [3.05, 3.63) is 54.2 Å². The Kier molecular flexibility index (Phi) is 5.43. The van der Waals surface area contributed by atoms with Crippen molar-refractivity contribution in [2.75, 3.05) is 23.9 Å². The molecule has 7 nitrogen and oxygen atoms in total. The molecule has 3 rings (SSSR count). The number of carbonyl (C=O) groups is 1. The van der Waals surface area contributed by atoms with Gasteiger partial charge in [-0.05, 0) is 43.5 Å². The number of aromatic nitrogens is 3. The van der Waals surface area contributed by atoms with Crippen molar-refractivity contribution in [1.82, 2.24) is 15.0 Å². The van der Waals surface area contributed by atoms with Gasteiger partial charge in [0.25, 0.3) is 5.91 Å². The predicted molar refractivity (Wildman–Crippen MR) is 103 cm³/mol. The minimum absolute atomic E-state index is 0.0610. The van der Waals surface area contributed by atoms with Crippen LogP contribution in [0.1, 0.15) is 17.4 Å². The fourth-order valence-electron chi connectivity index (χ4n) is 2.42. The molecule has 1 aromatic heterocycles. The van der Waals surface area contributed by atoms with E-state index in [4.69, 9.17) is 10.5 Å². The Morgan fingerprint density at radius 1 is 1.27 bits per heavy atom. The number of hydrogen-bond acceptors (Lipinski definition) is 6. The monoisotopic (exact) mass is 369 g/mol. The van der Waals surface area contributed by atoms with Crippen LogP contribution in [0.5, 0.6) is 5.75 Å². The van der Waals surface area contributed by atoms with Gasteiger partial charge < -0.3 is 15.8 Å². The van der Waals surface area contributed by atoms with E-state index in [1.165, 1.54) is 4.68 Å². The fraction of sp³-hybridized carbons (Fsp3) is 0.167. The van der Waals surface area contributed by atoms with Crippen molar-refractivity contribution < 1.29 is 9.53 Å². The first-order valence-electron chi connectivity index (χ1n) is 8.02. The number of nitrogen functional groups attached to an aromatic ring is 1. The van der Waals surface area contributed by atoms with Gasteiger partial charge in [0.05, 0.1) is 18.0 Å². The van der Waals surface area contributed by atoms with Crippen LogP contribution in [0.2, 0.25) is 0 Å². The Hall–Kier alpha value is -3.00. The van der Waals surface area contributed by atoms with E-state index in [0.29, 0.717) is 18.0 Å². The molecular weight excluding hydrogens is 350 g/mol. The van der Waals surface area contributed by atoms with Gasteiger partial charge in [-0.2, -0.15) is 4.68 Å². The summed E-state index contributed by atoms with van der Waals surface area (Å²) in [6.07, 6.45) is 1.98. The van der Waals surface area contributed by atoms with Crippen LogP contribution in [0, 0.1) is 0 Å². The van der Waals surface area contributed by atoms with E-state index in [9.17, 15) is 4.79 Å². The van der Waals surface area contributed by atoms with E-state index in [2.05, 4.69) is 15.6 Å². The maximum absolute atomic E-state index is 12.6. The maximum Gasteiger partial charge on any atom is 0.280 e. The Morgan fingerprint density at radius 3 is 2.85 bits per heavy atom. The third kappa shape index (κ3) is 3.65. The van der Waals surface area contributed by atoms with Gasteiger partial charge in [0.2, 0.25) is 0 Å². The van der Waals surface area contributed by atoms with Crippen LogP contribution in [-0.4, -0.2) is 33.8 Å². The predicted octanol–water partition coefficient (Wildman–Crippen LogP) is 3.22. The standard InChI is InChI=1S/C18H19N5O2S/c1-3-25-15-10-5-4-9-14(15)20-18(24)16-17(19)23(22-21-16)12-7-6-8-13(11-12)26-2/h4-11H,3,19H2,1-2H3,(H,20,24). The number of carbonyl (C=O) groups excluding carboxylic acids is 1.